The van der Waals surface area contributed by atoms with Gasteiger partial charge in [-0.25, -0.2) is 9.97 Å². The van der Waals surface area contributed by atoms with E-state index in [1.807, 2.05) is 36.4 Å². The van der Waals surface area contributed by atoms with Gasteiger partial charge in [-0.05, 0) is 49.2 Å². The highest BCUT2D eigenvalue weighted by molar-refractivity contribution is 9.10. The Bertz CT molecular complexity index is 862. The number of hydrogen-bond acceptors (Lipinski definition) is 5. The predicted octanol–water partition coefficient (Wildman–Crippen LogP) is 4.31. The Labute approximate surface area is 158 Å². The van der Waals surface area contributed by atoms with Gasteiger partial charge in [0.15, 0.2) is 5.13 Å². The van der Waals surface area contributed by atoms with Gasteiger partial charge in [0.2, 0.25) is 5.91 Å². The van der Waals surface area contributed by atoms with Crippen molar-refractivity contribution in [1.82, 2.24) is 9.97 Å². The molecule has 128 valence electrons. The van der Waals surface area contributed by atoms with Crippen LogP contribution in [0.3, 0.4) is 0 Å². The molecular formula is C18H17BrN4OS. The summed E-state index contributed by atoms with van der Waals surface area (Å²) >= 11 is 5.00. The fourth-order valence-electron chi connectivity index (χ4n) is 3.04. The van der Waals surface area contributed by atoms with Crippen molar-refractivity contribution < 1.29 is 4.79 Å². The summed E-state index contributed by atoms with van der Waals surface area (Å²) in [6.45, 7) is 1.63. The minimum atomic E-state index is -0.0302. The van der Waals surface area contributed by atoms with Gasteiger partial charge in [0.25, 0.3) is 0 Å². The zero-order valence-corrected chi connectivity index (χ0v) is 15.9. The minimum Gasteiger partial charge on any atom is -0.347 e. The van der Waals surface area contributed by atoms with Crippen LogP contribution in [0.4, 0.5) is 10.8 Å². The molecule has 0 aliphatic carbocycles. The predicted molar refractivity (Wildman–Crippen MR) is 105 cm³/mol. The molecule has 0 radical (unpaired) electrons. The van der Waals surface area contributed by atoms with Gasteiger partial charge >= 0.3 is 0 Å². The first-order chi connectivity index (χ1) is 12.2. The van der Waals surface area contributed by atoms with Crippen LogP contribution in [-0.4, -0.2) is 29.0 Å². The van der Waals surface area contributed by atoms with E-state index in [0.717, 1.165) is 45.0 Å². The average Bonchev–Trinajstić information content (AvgIpc) is 3.08. The van der Waals surface area contributed by atoms with Crippen molar-refractivity contribution in [2.45, 2.75) is 12.8 Å². The summed E-state index contributed by atoms with van der Waals surface area (Å²) in [5.41, 5.74) is 1.75. The minimum absolute atomic E-state index is 0.0302. The van der Waals surface area contributed by atoms with E-state index >= 15 is 0 Å². The number of thiazole rings is 1. The van der Waals surface area contributed by atoms with Crippen LogP contribution in [0.2, 0.25) is 0 Å². The molecule has 1 atom stereocenters. The van der Waals surface area contributed by atoms with Gasteiger partial charge in [-0.3, -0.25) is 4.79 Å². The van der Waals surface area contributed by atoms with Crippen LogP contribution >= 0.6 is 27.3 Å². The van der Waals surface area contributed by atoms with Gasteiger partial charge in [-0.2, -0.15) is 0 Å². The van der Waals surface area contributed by atoms with E-state index in [0.29, 0.717) is 6.54 Å². The highest BCUT2D eigenvalue weighted by atomic mass is 79.9. The summed E-state index contributed by atoms with van der Waals surface area (Å²) < 4.78 is 0.999. The number of amides is 1. The van der Waals surface area contributed by atoms with Gasteiger partial charge in [-0.15, -0.1) is 0 Å². The van der Waals surface area contributed by atoms with Crippen LogP contribution in [0, 0.1) is 5.92 Å². The van der Waals surface area contributed by atoms with Crippen LogP contribution < -0.4 is 10.2 Å². The highest BCUT2D eigenvalue weighted by Gasteiger charge is 2.27. The SMILES string of the molecule is O=C(Nc1ccc(Br)cc1)[C@@H]1CCCN(c2nc3cccnc3s2)C1. The molecule has 0 saturated carbocycles. The molecule has 1 aromatic carbocycles. The lowest BCUT2D eigenvalue weighted by Crippen LogP contribution is -2.40. The third-order valence-electron chi connectivity index (χ3n) is 4.33. The van der Waals surface area contributed by atoms with E-state index in [9.17, 15) is 4.79 Å². The zero-order chi connectivity index (χ0) is 17.2. The van der Waals surface area contributed by atoms with Crippen LogP contribution in [0.15, 0.2) is 47.1 Å². The number of benzene rings is 1. The van der Waals surface area contributed by atoms with Crippen molar-refractivity contribution in [3.8, 4) is 0 Å². The second-order valence-corrected chi connectivity index (χ2v) is 7.98. The molecule has 1 N–H and O–H groups in total. The summed E-state index contributed by atoms with van der Waals surface area (Å²) in [6.07, 6.45) is 3.68. The smallest absolute Gasteiger partial charge is 0.229 e. The number of aromatic nitrogens is 2. The number of carbonyl (C=O) groups excluding carboxylic acids is 1. The lowest BCUT2D eigenvalue weighted by atomic mass is 9.97. The Morgan fingerprint density at radius 1 is 1.28 bits per heavy atom. The van der Waals surface area contributed by atoms with E-state index in [1.54, 1.807) is 17.5 Å². The number of carbonyl (C=O) groups is 1. The Morgan fingerprint density at radius 3 is 2.92 bits per heavy atom. The number of fused-ring (bicyclic) bond motifs is 1. The second kappa shape index (κ2) is 7.09. The molecule has 1 aliphatic heterocycles. The molecule has 25 heavy (non-hydrogen) atoms. The Morgan fingerprint density at radius 2 is 2.12 bits per heavy atom. The van der Waals surface area contributed by atoms with Crippen LogP contribution in [0.1, 0.15) is 12.8 Å². The molecule has 3 aromatic rings. The van der Waals surface area contributed by atoms with Crippen LogP contribution in [0.5, 0.6) is 0 Å². The van der Waals surface area contributed by atoms with Crippen molar-refractivity contribution in [1.29, 1.82) is 0 Å². The van der Waals surface area contributed by atoms with Crippen molar-refractivity contribution in [3.63, 3.8) is 0 Å². The van der Waals surface area contributed by atoms with E-state index in [4.69, 9.17) is 0 Å². The average molecular weight is 417 g/mol. The Kier molecular flexibility index (Phi) is 4.67. The molecule has 5 nitrogen and oxygen atoms in total. The van der Waals surface area contributed by atoms with Crippen molar-refractivity contribution in [3.05, 3.63) is 47.1 Å². The summed E-state index contributed by atoms with van der Waals surface area (Å²) in [7, 11) is 0. The molecule has 3 heterocycles. The lowest BCUT2D eigenvalue weighted by molar-refractivity contribution is -0.120. The highest BCUT2D eigenvalue weighted by Crippen LogP contribution is 2.30. The van der Waals surface area contributed by atoms with E-state index in [2.05, 4.69) is 36.1 Å². The maximum absolute atomic E-state index is 12.6. The first-order valence-electron chi connectivity index (χ1n) is 8.22. The van der Waals surface area contributed by atoms with Gasteiger partial charge < -0.3 is 10.2 Å². The van der Waals surface area contributed by atoms with Gasteiger partial charge in [0, 0.05) is 29.4 Å². The first kappa shape index (κ1) is 16.5. The number of anilines is 2. The van der Waals surface area contributed by atoms with Crippen molar-refractivity contribution in [2.75, 3.05) is 23.3 Å². The number of piperidine rings is 1. The molecule has 1 saturated heterocycles. The largest absolute Gasteiger partial charge is 0.347 e. The third-order valence-corrected chi connectivity index (χ3v) is 5.90. The molecule has 4 rings (SSSR count). The number of halogens is 1. The van der Waals surface area contributed by atoms with Crippen LogP contribution in [0.25, 0.3) is 10.3 Å². The molecular weight excluding hydrogens is 400 g/mol. The molecule has 1 fully saturated rings. The van der Waals surface area contributed by atoms with E-state index in [1.165, 1.54) is 0 Å². The van der Waals surface area contributed by atoms with Crippen LogP contribution in [-0.2, 0) is 4.79 Å². The lowest BCUT2D eigenvalue weighted by Gasteiger charge is -2.31. The van der Waals surface area contributed by atoms with E-state index < -0.39 is 0 Å². The molecule has 0 unspecified atom stereocenters. The molecule has 7 heteroatoms. The molecule has 1 amide bonds. The summed E-state index contributed by atoms with van der Waals surface area (Å²) in [6, 6.07) is 11.5. The van der Waals surface area contributed by atoms with Gasteiger partial charge in [-0.1, -0.05) is 27.3 Å². The van der Waals surface area contributed by atoms with E-state index in [-0.39, 0.29) is 11.8 Å². The number of rotatable bonds is 3. The first-order valence-corrected chi connectivity index (χ1v) is 9.83. The van der Waals surface area contributed by atoms with Crippen molar-refractivity contribution >= 4 is 54.3 Å². The number of pyridine rings is 1. The number of nitrogens with one attached hydrogen (secondary N) is 1. The summed E-state index contributed by atoms with van der Waals surface area (Å²) in [5.74, 6) is 0.0450. The molecule has 1 aliphatic rings. The second-order valence-electron chi connectivity index (χ2n) is 6.11. The Hall–Kier alpha value is -1.99. The van der Waals surface area contributed by atoms with Crippen molar-refractivity contribution in [2.24, 2.45) is 5.92 Å². The fourth-order valence-corrected chi connectivity index (χ4v) is 4.24. The summed E-state index contributed by atoms with van der Waals surface area (Å²) in [5, 5.41) is 3.98. The normalized spacial score (nSPS) is 17.6. The maximum Gasteiger partial charge on any atom is 0.229 e. The Balaban J connectivity index is 1.46. The maximum atomic E-state index is 12.6. The number of nitrogens with zero attached hydrogens (tertiary/aromatic N) is 3. The van der Waals surface area contributed by atoms with Gasteiger partial charge in [0.1, 0.15) is 10.3 Å². The quantitative estimate of drug-likeness (QED) is 0.690. The molecule has 0 bridgehead atoms. The monoisotopic (exact) mass is 416 g/mol. The zero-order valence-electron chi connectivity index (χ0n) is 13.5. The molecule has 2 aromatic heterocycles. The molecule has 0 spiro atoms. The number of hydrogen-bond donors (Lipinski definition) is 1. The standard InChI is InChI=1S/C18H17BrN4OS/c19-13-5-7-14(8-6-13)21-16(24)12-3-2-10-23(11-12)18-22-15-4-1-9-20-17(15)25-18/h1,4-9,12H,2-3,10-11H2,(H,21,24)/t12-/m1/s1. The van der Waals surface area contributed by atoms with Gasteiger partial charge in [0.05, 0.1) is 5.92 Å². The topological polar surface area (TPSA) is 58.1 Å². The summed E-state index contributed by atoms with van der Waals surface area (Å²) in [4.78, 5) is 24.8. The fraction of sp³-hybridized carbons (Fsp3) is 0.278. The third kappa shape index (κ3) is 3.67.